The van der Waals surface area contributed by atoms with Crippen LogP contribution in [0.25, 0.3) is 0 Å². The summed E-state index contributed by atoms with van der Waals surface area (Å²) in [7, 11) is 0. The molecule has 0 bridgehead atoms. The molecule has 3 heteroatoms. The van der Waals surface area contributed by atoms with Gasteiger partial charge in [-0.1, -0.05) is 32.6 Å². The fourth-order valence-corrected chi connectivity index (χ4v) is 3.14. The van der Waals surface area contributed by atoms with Gasteiger partial charge in [0, 0.05) is 21.4 Å². The predicted octanol–water partition coefficient (Wildman–Crippen LogP) is 3.37. The van der Waals surface area contributed by atoms with Crippen LogP contribution in [0.4, 0.5) is 0 Å². The lowest BCUT2D eigenvalue weighted by atomic mass is 10.2. The molecule has 0 aliphatic heterocycles. The van der Waals surface area contributed by atoms with Crippen molar-refractivity contribution in [3.63, 3.8) is 0 Å². The fraction of sp³-hybridized carbons (Fsp3) is 0.538. The van der Waals surface area contributed by atoms with Crippen molar-refractivity contribution in [1.29, 1.82) is 0 Å². The van der Waals surface area contributed by atoms with E-state index in [-0.39, 0.29) is 6.61 Å². The quantitative estimate of drug-likeness (QED) is 0.831. The van der Waals surface area contributed by atoms with Gasteiger partial charge in [0.05, 0.1) is 0 Å². The Labute approximate surface area is 106 Å². The highest BCUT2D eigenvalue weighted by atomic mass is 32.2. The maximum absolute atomic E-state index is 8.67. The molecule has 0 fully saturated rings. The second kappa shape index (κ2) is 7.01. The van der Waals surface area contributed by atoms with E-state index in [2.05, 4.69) is 38.0 Å². The van der Waals surface area contributed by atoms with E-state index in [0.29, 0.717) is 11.2 Å². The van der Waals surface area contributed by atoms with Gasteiger partial charge in [-0.15, -0.1) is 11.3 Å². The molecule has 1 aromatic rings. The van der Waals surface area contributed by atoms with Gasteiger partial charge >= 0.3 is 0 Å². The lowest BCUT2D eigenvalue weighted by Gasteiger charge is -2.14. The van der Waals surface area contributed by atoms with Crippen LogP contribution >= 0.6 is 23.1 Å². The molecule has 1 rings (SSSR count). The number of hydrogen-bond donors (Lipinski definition) is 1. The number of thioether (sulfide) groups is 1. The normalized spacial score (nSPS) is 12.3. The van der Waals surface area contributed by atoms with Gasteiger partial charge in [-0.3, -0.25) is 0 Å². The van der Waals surface area contributed by atoms with Crippen molar-refractivity contribution in [3.8, 4) is 11.8 Å². The summed E-state index contributed by atoms with van der Waals surface area (Å²) in [6.45, 7) is 6.70. The molecule has 0 aromatic carbocycles. The van der Waals surface area contributed by atoms with E-state index in [0.717, 1.165) is 11.3 Å². The highest BCUT2D eigenvalue weighted by Crippen LogP contribution is 2.27. The first-order chi connectivity index (χ1) is 7.65. The summed E-state index contributed by atoms with van der Waals surface area (Å²) >= 11 is 3.72. The first-order valence-corrected chi connectivity index (χ1v) is 7.35. The molecule has 1 atom stereocenters. The monoisotopic (exact) mass is 254 g/mol. The molecule has 1 nitrogen and oxygen atoms in total. The average molecular weight is 254 g/mol. The Bertz CT molecular complexity index is 371. The SMILES string of the molecule is CC(C)C(C)SCc1sccc1C#CCO. The Morgan fingerprint density at radius 3 is 2.81 bits per heavy atom. The average Bonchev–Trinajstić information content (AvgIpc) is 2.70. The van der Waals surface area contributed by atoms with Crippen molar-refractivity contribution in [3.05, 3.63) is 21.9 Å². The Hall–Kier alpha value is -0.430. The topological polar surface area (TPSA) is 20.2 Å². The molecule has 0 spiro atoms. The Morgan fingerprint density at radius 2 is 2.19 bits per heavy atom. The van der Waals surface area contributed by atoms with E-state index >= 15 is 0 Å². The summed E-state index contributed by atoms with van der Waals surface area (Å²) < 4.78 is 0. The zero-order valence-electron chi connectivity index (χ0n) is 9.99. The molecule has 1 heterocycles. The summed E-state index contributed by atoms with van der Waals surface area (Å²) in [6.07, 6.45) is 0. The Kier molecular flexibility index (Phi) is 5.97. The molecule has 1 N–H and O–H groups in total. The standard InChI is InChI=1S/C13H18OS2/c1-10(2)11(3)16-9-13-12(5-4-7-14)6-8-15-13/h6,8,10-11,14H,7,9H2,1-3H3. The minimum absolute atomic E-state index is 0.0647. The molecule has 1 unspecified atom stereocenters. The molecule has 16 heavy (non-hydrogen) atoms. The van der Waals surface area contributed by atoms with Gasteiger partial charge in [-0.25, -0.2) is 0 Å². The number of aliphatic hydroxyl groups is 1. The van der Waals surface area contributed by atoms with Crippen LogP contribution in [0.5, 0.6) is 0 Å². The summed E-state index contributed by atoms with van der Waals surface area (Å²) in [6, 6.07) is 2.03. The lowest BCUT2D eigenvalue weighted by molar-refractivity contribution is 0.350. The van der Waals surface area contributed by atoms with Crippen LogP contribution in [0.3, 0.4) is 0 Å². The predicted molar refractivity (Wildman–Crippen MR) is 73.9 cm³/mol. The first-order valence-electron chi connectivity index (χ1n) is 5.42. The van der Waals surface area contributed by atoms with Gasteiger partial charge in [0.15, 0.2) is 0 Å². The molecular formula is C13H18OS2. The van der Waals surface area contributed by atoms with Crippen molar-refractivity contribution in [2.75, 3.05) is 6.61 Å². The largest absolute Gasteiger partial charge is 0.384 e. The molecule has 0 aliphatic rings. The minimum atomic E-state index is -0.0647. The number of rotatable bonds is 4. The summed E-state index contributed by atoms with van der Waals surface area (Å²) in [5.41, 5.74) is 1.07. The van der Waals surface area contributed by atoms with Crippen molar-refractivity contribution in [2.24, 2.45) is 5.92 Å². The van der Waals surface area contributed by atoms with E-state index in [1.807, 2.05) is 17.8 Å². The van der Waals surface area contributed by atoms with Crippen LogP contribution in [0.1, 0.15) is 31.2 Å². The summed E-state index contributed by atoms with van der Waals surface area (Å²) in [5, 5.41) is 11.4. The van der Waals surface area contributed by atoms with E-state index in [4.69, 9.17) is 5.11 Å². The van der Waals surface area contributed by atoms with Crippen LogP contribution in [0.15, 0.2) is 11.4 Å². The maximum Gasteiger partial charge on any atom is 0.104 e. The smallest absolute Gasteiger partial charge is 0.104 e. The molecule has 0 aliphatic carbocycles. The number of hydrogen-bond acceptors (Lipinski definition) is 3. The number of thiophene rings is 1. The van der Waals surface area contributed by atoms with Gasteiger partial charge < -0.3 is 5.11 Å². The molecule has 0 radical (unpaired) electrons. The molecular weight excluding hydrogens is 236 g/mol. The van der Waals surface area contributed by atoms with E-state index < -0.39 is 0 Å². The summed E-state index contributed by atoms with van der Waals surface area (Å²) in [5.74, 6) is 7.42. The molecule has 0 saturated heterocycles. The third-order valence-electron chi connectivity index (χ3n) is 2.46. The first kappa shape index (κ1) is 13.6. The number of aliphatic hydroxyl groups excluding tert-OH is 1. The zero-order valence-corrected chi connectivity index (χ0v) is 11.6. The maximum atomic E-state index is 8.67. The minimum Gasteiger partial charge on any atom is -0.384 e. The van der Waals surface area contributed by atoms with E-state index in [1.165, 1.54) is 4.88 Å². The third kappa shape index (κ3) is 4.21. The second-order valence-corrected chi connectivity index (χ2v) is 6.34. The van der Waals surface area contributed by atoms with Crippen LogP contribution in [0, 0.1) is 17.8 Å². The highest BCUT2D eigenvalue weighted by Gasteiger charge is 2.09. The van der Waals surface area contributed by atoms with Crippen LogP contribution in [-0.2, 0) is 5.75 Å². The van der Waals surface area contributed by atoms with Crippen LogP contribution < -0.4 is 0 Å². The van der Waals surface area contributed by atoms with Crippen molar-refractivity contribution >= 4 is 23.1 Å². The summed E-state index contributed by atoms with van der Waals surface area (Å²) in [4.78, 5) is 1.32. The van der Waals surface area contributed by atoms with E-state index in [9.17, 15) is 0 Å². The Morgan fingerprint density at radius 1 is 1.44 bits per heavy atom. The molecule has 0 amide bonds. The van der Waals surface area contributed by atoms with Crippen LogP contribution in [0.2, 0.25) is 0 Å². The molecule has 0 saturated carbocycles. The van der Waals surface area contributed by atoms with Gasteiger partial charge in [-0.05, 0) is 17.4 Å². The molecule has 1 aromatic heterocycles. The van der Waals surface area contributed by atoms with Gasteiger partial charge in [-0.2, -0.15) is 11.8 Å². The van der Waals surface area contributed by atoms with Crippen LogP contribution in [-0.4, -0.2) is 17.0 Å². The Balaban J connectivity index is 2.57. The second-order valence-electron chi connectivity index (χ2n) is 3.98. The van der Waals surface area contributed by atoms with E-state index in [1.54, 1.807) is 11.3 Å². The van der Waals surface area contributed by atoms with Gasteiger partial charge in [0.1, 0.15) is 6.61 Å². The van der Waals surface area contributed by atoms with Crippen molar-refractivity contribution < 1.29 is 5.11 Å². The van der Waals surface area contributed by atoms with Gasteiger partial charge in [0.2, 0.25) is 0 Å². The third-order valence-corrected chi connectivity index (χ3v) is 5.09. The zero-order chi connectivity index (χ0) is 12.0. The fourth-order valence-electron chi connectivity index (χ4n) is 1.10. The highest BCUT2D eigenvalue weighted by molar-refractivity contribution is 7.99. The lowest BCUT2D eigenvalue weighted by Crippen LogP contribution is -2.05. The molecule has 88 valence electrons. The van der Waals surface area contributed by atoms with Crippen molar-refractivity contribution in [2.45, 2.75) is 31.8 Å². The van der Waals surface area contributed by atoms with Crippen molar-refractivity contribution in [1.82, 2.24) is 0 Å². The van der Waals surface area contributed by atoms with Gasteiger partial charge in [0.25, 0.3) is 0 Å².